The molecule has 1 heteroatoms. The molecule has 9 heavy (non-hydrogen) atoms. The molecule has 1 aliphatic heterocycles. The average molecular weight is 126 g/mol. The first-order chi connectivity index (χ1) is 4.10. The quantitative estimate of drug-likeness (QED) is 0.452. The Morgan fingerprint density at radius 2 is 2.22 bits per heavy atom. The second-order valence-corrected chi connectivity index (χ2v) is 3.21. The Balaban J connectivity index is 2.58. The normalized spacial score (nSPS) is 32.6. The average Bonchev–Trinajstić information content (AvgIpc) is 1.60. The molecule has 0 radical (unpaired) electrons. The zero-order valence-corrected chi connectivity index (χ0v) is 6.35. The fourth-order valence-corrected chi connectivity index (χ4v) is 1.13. The highest BCUT2D eigenvalue weighted by atomic mass is 16.5. The molecule has 1 aliphatic rings. The van der Waals surface area contributed by atoms with E-state index in [1.807, 2.05) is 0 Å². The molecule has 0 saturated heterocycles. The minimum atomic E-state index is 0.0637. The predicted octanol–water partition coefficient (Wildman–Crippen LogP) is 2.13. The summed E-state index contributed by atoms with van der Waals surface area (Å²) in [6, 6.07) is 0. The van der Waals surface area contributed by atoms with Crippen molar-refractivity contribution in [2.75, 3.05) is 0 Å². The van der Waals surface area contributed by atoms with Gasteiger partial charge >= 0.3 is 0 Å². The lowest BCUT2D eigenvalue weighted by molar-refractivity contribution is -0.0492. The third kappa shape index (κ3) is 1.83. The van der Waals surface area contributed by atoms with E-state index >= 15 is 0 Å². The van der Waals surface area contributed by atoms with Crippen molar-refractivity contribution in [3.05, 3.63) is 12.2 Å². The van der Waals surface area contributed by atoms with Crippen LogP contribution in [0.4, 0.5) is 0 Å². The van der Waals surface area contributed by atoms with Crippen molar-refractivity contribution >= 4 is 0 Å². The Kier molecular flexibility index (Phi) is 1.62. The van der Waals surface area contributed by atoms with Crippen LogP contribution in [0.3, 0.4) is 0 Å². The van der Waals surface area contributed by atoms with E-state index < -0.39 is 0 Å². The second kappa shape index (κ2) is 2.14. The molecular weight excluding hydrogens is 112 g/mol. The van der Waals surface area contributed by atoms with Crippen LogP contribution in [-0.4, -0.2) is 11.7 Å². The Bertz CT molecular complexity index is 125. The van der Waals surface area contributed by atoms with Gasteiger partial charge in [0.25, 0.3) is 0 Å². The van der Waals surface area contributed by atoms with Gasteiger partial charge in [0, 0.05) is 0 Å². The van der Waals surface area contributed by atoms with E-state index in [4.69, 9.17) is 4.74 Å². The minimum absolute atomic E-state index is 0.0637. The topological polar surface area (TPSA) is 9.23 Å². The fourth-order valence-electron chi connectivity index (χ4n) is 1.13. The highest BCUT2D eigenvalue weighted by molar-refractivity contribution is 4.97. The molecule has 1 heterocycles. The zero-order chi connectivity index (χ0) is 6.91. The Morgan fingerprint density at radius 3 is 2.56 bits per heavy atom. The number of ether oxygens (including phenoxy) is 1. The van der Waals surface area contributed by atoms with Crippen LogP contribution >= 0.6 is 0 Å². The van der Waals surface area contributed by atoms with Crippen LogP contribution in [0, 0.1) is 0 Å². The van der Waals surface area contributed by atoms with Crippen LogP contribution in [-0.2, 0) is 4.74 Å². The molecule has 1 rings (SSSR count). The third-order valence-electron chi connectivity index (χ3n) is 1.52. The van der Waals surface area contributed by atoms with Gasteiger partial charge in [0.1, 0.15) is 0 Å². The summed E-state index contributed by atoms with van der Waals surface area (Å²) in [6.07, 6.45) is 5.63. The van der Waals surface area contributed by atoms with E-state index in [0.29, 0.717) is 6.10 Å². The highest BCUT2D eigenvalue weighted by Crippen LogP contribution is 2.21. The van der Waals surface area contributed by atoms with Gasteiger partial charge in [-0.1, -0.05) is 12.2 Å². The third-order valence-corrected chi connectivity index (χ3v) is 1.52. The van der Waals surface area contributed by atoms with Crippen LogP contribution in [0.15, 0.2) is 12.2 Å². The van der Waals surface area contributed by atoms with Crippen molar-refractivity contribution in [2.24, 2.45) is 0 Å². The molecule has 1 atom stereocenters. The van der Waals surface area contributed by atoms with E-state index in [1.165, 1.54) is 0 Å². The van der Waals surface area contributed by atoms with Crippen molar-refractivity contribution in [1.29, 1.82) is 0 Å². The van der Waals surface area contributed by atoms with E-state index in [2.05, 4.69) is 32.9 Å². The Hall–Kier alpha value is -0.300. The van der Waals surface area contributed by atoms with Crippen molar-refractivity contribution in [2.45, 2.75) is 38.9 Å². The summed E-state index contributed by atoms with van der Waals surface area (Å²) in [7, 11) is 0. The van der Waals surface area contributed by atoms with E-state index in [1.54, 1.807) is 0 Å². The summed E-state index contributed by atoms with van der Waals surface area (Å²) >= 11 is 0. The molecule has 0 aromatic carbocycles. The van der Waals surface area contributed by atoms with Crippen molar-refractivity contribution in [1.82, 2.24) is 0 Å². The van der Waals surface area contributed by atoms with Crippen LogP contribution < -0.4 is 0 Å². The van der Waals surface area contributed by atoms with Gasteiger partial charge in [-0.25, -0.2) is 0 Å². The summed E-state index contributed by atoms with van der Waals surface area (Å²) < 4.78 is 5.59. The summed E-state index contributed by atoms with van der Waals surface area (Å²) in [5.41, 5.74) is 0.0637. The first-order valence-corrected chi connectivity index (χ1v) is 3.45. The molecular formula is C8H14O. The number of hydrogen-bond donors (Lipinski definition) is 0. The molecule has 0 fully saturated rings. The monoisotopic (exact) mass is 126 g/mol. The van der Waals surface area contributed by atoms with Gasteiger partial charge < -0.3 is 4.74 Å². The van der Waals surface area contributed by atoms with E-state index in [-0.39, 0.29) is 5.60 Å². The molecule has 0 aromatic heterocycles. The van der Waals surface area contributed by atoms with Gasteiger partial charge in [-0.3, -0.25) is 0 Å². The number of hydrogen-bond acceptors (Lipinski definition) is 1. The molecule has 0 spiro atoms. The van der Waals surface area contributed by atoms with Gasteiger partial charge in [0.05, 0.1) is 11.7 Å². The maximum absolute atomic E-state index is 5.59. The Morgan fingerprint density at radius 1 is 1.56 bits per heavy atom. The maximum Gasteiger partial charge on any atom is 0.0735 e. The molecule has 0 aliphatic carbocycles. The summed E-state index contributed by atoms with van der Waals surface area (Å²) in [6.45, 7) is 6.30. The van der Waals surface area contributed by atoms with Crippen LogP contribution in [0.5, 0.6) is 0 Å². The molecule has 52 valence electrons. The summed E-state index contributed by atoms with van der Waals surface area (Å²) in [5.74, 6) is 0. The van der Waals surface area contributed by atoms with Gasteiger partial charge in [-0.05, 0) is 27.2 Å². The van der Waals surface area contributed by atoms with Gasteiger partial charge in [-0.2, -0.15) is 0 Å². The maximum atomic E-state index is 5.59. The van der Waals surface area contributed by atoms with Crippen molar-refractivity contribution < 1.29 is 4.74 Å². The molecule has 0 bridgehead atoms. The molecule has 0 unspecified atom stereocenters. The lowest BCUT2D eigenvalue weighted by Crippen LogP contribution is -2.30. The summed E-state index contributed by atoms with van der Waals surface area (Å²) in [4.78, 5) is 0. The van der Waals surface area contributed by atoms with E-state index in [0.717, 1.165) is 6.42 Å². The predicted molar refractivity (Wildman–Crippen MR) is 38.4 cm³/mol. The van der Waals surface area contributed by atoms with Gasteiger partial charge in [-0.15, -0.1) is 0 Å². The van der Waals surface area contributed by atoms with Gasteiger partial charge in [0.15, 0.2) is 0 Å². The van der Waals surface area contributed by atoms with E-state index in [9.17, 15) is 0 Å². The van der Waals surface area contributed by atoms with Crippen molar-refractivity contribution in [3.8, 4) is 0 Å². The molecule has 0 amide bonds. The first kappa shape index (κ1) is 6.81. The SMILES string of the molecule is C[C@@H]1C=CCC(C)(C)O1. The van der Waals surface area contributed by atoms with Crippen LogP contribution in [0.2, 0.25) is 0 Å². The highest BCUT2D eigenvalue weighted by Gasteiger charge is 2.21. The fraction of sp³-hybridized carbons (Fsp3) is 0.750. The molecule has 0 aromatic rings. The Labute approximate surface area is 56.7 Å². The standard InChI is InChI=1S/C8H14O/c1-7-5-4-6-8(2,3)9-7/h4-5,7H,6H2,1-3H3/t7-/m1/s1. The lowest BCUT2D eigenvalue weighted by atomic mass is 10.0. The number of rotatable bonds is 0. The largest absolute Gasteiger partial charge is 0.368 e. The molecule has 0 N–H and O–H groups in total. The molecule has 0 saturated carbocycles. The van der Waals surface area contributed by atoms with Crippen molar-refractivity contribution in [3.63, 3.8) is 0 Å². The van der Waals surface area contributed by atoms with Crippen LogP contribution in [0.1, 0.15) is 27.2 Å². The second-order valence-electron chi connectivity index (χ2n) is 3.21. The summed E-state index contributed by atoms with van der Waals surface area (Å²) in [5, 5.41) is 0. The van der Waals surface area contributed by atoms with Crippen LogP contribution in [0.25, 0.3) is 0 Å². The zero-order valence-electron chi connectivity index (χ0n) is 6.35. The lowest BCUT2D eigenvalue weighted by Gasteiger charge is -2.30. The minimum Gasteiger partial charge on any atom is -0.368 e. The smallest absolute Gasteiger partial charge is 0.0735 e. The molecule has 1 nitrogen and oxygen atoms in total. The van der Waals surface area contributed by atoms with Gasteiger partial charge in [0.2, 0.25) is 0 Å². The first-order valence-electron chi connectivity index (χ1n) is 3.45.